The van der Waals surface area contributed by atoms with Gasteiger partial charge in [0.2, 0.25) is 11.8 Å². The second-order valence-electron chi connectivity index (χ2n) is 5.94. The number of anilines is 2. The fourth-order valence-corrected chi connectivity index (χ4v) is 3.30. The molecule has 0 bridgehead atoms. The van der Waals surface area contributed by atoms with Crippen molar-refractivity contribution in [3.05, 3.63) is 53.6 Å². The van der Waals surface area contributed by atoms with E-state index in [2.05, 4.69) is 17.6 Å². The molecule has 0 aliphatic heterocycles. The Labute approximate surface area is 163 Å². The minimum atomic E-state index is -0.281. The lowest BCUT2D eigenvalue weighted by atomic mass is 10.2. The van der Waals surface area contributed by atoms with Crippen molar-refractivity contribution in [2.75, 3.05) is 10.6 Å². The monoisotopic (exact) mass is 390 g/mol. The number of thioether (sulfide) groups is 1. The Morgan fingerprint density at radius 3 is 2.50 bits per heavy atom. The Morgan fingerprint density at radius 1 is 1.08 bits per heavy atom. The summed E-state index contributed by atoms with van der Waals surface area (Å²) >= 11 is 7.29. The molecule has 0 saturated carbocycles. The first-order valence-corrected chi connectivity index (χ1v) is 9.86. The van der Waals surface area contributed by atoms with Crippen LogP contribution >= 0.6 is 23.4 Å². The summed E-state index contributed by atoms with van der Waals surface area (Å²) in [7, 11) is 0. The maximum atomic E-state index is 12.3. The maximum absolute atomic E-state index is 12.3. The lowest BCUT2D eigenvalue weighted by molar-refractivity contribution is -0.116. The number of hydrogen-bond donors (Lipinski definition) is 2. The van der Waals surface area contributed by atoms with E-state index in [9.17, 15) is 9.59 Å². The third-order valence-corrected chi connectivity index (χ3v) is 5.01. The molecule has 2 aromatic rings. The van der Waals surface area contributed by atoms with Crippen LogP contribution in [0.5, 0.6) is 0 Å². The molecule has 0 saturated heterocycles. The highest BCUT2D eigenvalue weighted by Gasteiger charge is 2.15. The van der Waals surface area contributed by atoms with Crippen LogP contribution in [-0.4, -0.2) is 17.1 Å². The van der Waals surface area contributed by atoms with E-state index >= 15 is 0 Å². The number of nitrogens with one attached hydrogen (secondary N) is 2. The van der Waals surface area contributed by atoms with Gasteiger partial charge in [-0.2, -0.15) is 0 Å². The van der Waals surface area contributed by atoms with E-state index < -0.39 is 0 Å². The molecule has 0 aliphatic rings. The SMILES string of the molecule is CCCCC(=O)Nc1cccc(SC(C)C(=O)Nc2ccc(Cl)cc2)c1. The number of hydrogen-bond acceptors (Lipinski definition) is 3. The second kappa shape index (κ2) is 10.2. The highest BCUT2D eigenvalue weighted by molar-refractivity contribution is 8.00. The predicted octanol–water partition coefficient (Wildman–Crippen LogP) is 5.59. The molecule has 26 heavy (non-hydrogen) atoms. The average molecular weight is 391 g/mol. The Balaban J connectivity index is 1.92. The fourth-order valence-electron chi connectivity index (χ4n) is 2.24. The quantitative estimate of drug-likeness (QED) is 0.578. The number of carbonyl (C=O) groups excluding carboxylic acids is 2. The third-order valence-electron chi connectivity index (χ3n) is 3.67. The minimum absolute atomic E-state index is 0.0162. The average Bonchev–Trinajstić information content (AvgIpc) is 2.62. The van der Waals surface area contributed by atoms with E-state index in [-0.39, 0.29) is 17.1 Å². The number of halogens is 1. The highest BCUT2D eigenvalue weighted by atomic mass is 35.5. The molecule has 4 nitrogen and oxygen atoms in total. The molecule has 0 spiro atoms. The minimum Gasteiger partial charge on any atom is -0.326 e. The van der Waals surface area contributed by atoms with Gasteiger partial charge in [0.25, 0.3) is 0 Å². The van der Waals surface area contributed by atoms with Gasteiger partial charge in [-0.15, -0.1) is 11.8 Å². The standard InChI is InChI=1S/C20H23ClN2O2S/c1-3-4-8-19(24)22-17-6-5-7-18(13-17)26-14(2)20(25)23-16-11-9-15(21)10-12-16/h5-7,9-14H,3-4,8H2,1-2H3,(H,22,24)(H,23,25). The van der Waals surface area contributed by atoms with E-state index in [0.29, 0.717) is 17.1 Å². The highest BCUT2D eigenvalue weighted by Crippen LogP contribution is 2.27. The fraction of sp³-hybridized carbons (Fsp3) is 0.300. The zero-order chi connectivity index (χ0) is 18.9. The van der Waals surface area contributed by atoms with Gasteiger partial charge in [0.15, 0.2) is 0 Å². The molecule has 0 fully saturated rings. The number of carbonyl (C=O) groups is 2. The summed E-state index contributed by atoms with van der Waals surface area (Å²) in [6.07, 6.45) is 2.39. The van der Waals surface area contributed by atoms with Crippen molar-refractivity contribution in [3.8, 4) is 0 Å². The van der Waals surface area contributed by atoms with Crippen LogP contribution in [0.3, 0.4) is 0 Å². The molecule has 0 aromatic heterocycles. The number of unbranched alkanes of at least 4 members (excludes halogenated alkanes) is 1. The van der Waals surface area contributed by atoms with Crippen molar-refractivity contribution in [1.29, 1.82) is 0 Å². The van der Waals surface area contributed by atoms with Gasteiger partial charge >= 0.3 is 0 Å². The van der Waals surface area contributed by atoms with Crippen LogP contribution < -0.4 is 10.6 Å². The first-order valence-electron chi connectivity index (χ1n) is 8.61. The number of amides is 2. The normalized spacial score (nSPS) is 11.7. The van der Waals surface area contributed by atoms with Crippen LogP contribution in [0, 0.1) is 0 Å². The molecule has 2 aromatic carbocycles. The molecular formula is C20H23ClN2O2S. The lowest BCUT2D eigenvalue weighted by Crippen LogP contribution is -2.22. The predicted molar refractivity (Wildman–Crippen MR) is 110 cm³/mol. The zero-order valence-corrected chi connectivity index (χ0v) is 16.5. The van der Waals surface area contributed by atoms with Crippen molar-refractivity contribution in [2.45, 2.75) is 43.3 Å². The van der Waals surface area contributed by atoms with Crippen LogP contribution in [0.15, 0.2) is 53.4 Å². The summed E-state index contributed by atoms with van der Waals surface area (Å²) in [4.78, 5) is 25.1. The maximum Gasteiger partial charge on any atom is 0.237 e. The summed E-state index contributed by atoms with van der Waals surface area (Å²) in [6, 6.07) is 14.6. The van der Waals surface area contributed by atoms with Gasteiger partial charge in [0.05, 0.1) is 5.25 Å². The molecule has 6 heteroatoms. The first-order chi connectivity index (χ1) is 12.5. The van der Waals surface area contributed by atoms with Gasteiger partial charge in [0.1, 0.15) is 0 Å². The number of rotatable bonds is 8. The summed E-state index contributed by atoms with van der Waals surface area (Å²) in [5.74, 6) is -0.0720. The smallest absolute Gasteiger partial charge is 0.237 e. The van der Waals surface area contributed by atoms with Gasteiger partial charge in [-0.3, -0.25) is 9.59 Å². The zero-order valence-electron chi connectivity index (χ0n) is 14.9. The largest absolute Gasteiger partial charge is 0.326 e. The molecule has 0 heterocycles. The Morgan fingerprint density at radius 2 is 1.81 bits per heavy atom. The van der Waals surface area contributed by atoms with E-state index in [4.69, 9.17) is 11.6 Å². The van der Waals surface area contributed by atoms with E-state index in [0.717, 1.165) is 23.4 Å². The summed E-state index contributed by atoms with van der Waals surface area (Å²) in [5.41, 5.74) is 1.46. The van der Waals surface area contributed by atoms with Gasteiger partial charge in [-0.1, -0.05) is 31.0 Å². The van der Waals surface area contributed by atoms with Crippen LogP contribution in [0.4, 0.5) is 11.4 Å². The van der Waals surface area contributed by atoms with Crippen LogP contribution in [0.25, 0.3) is 0 Å². The Bertz CT molecular complexity index is 750. The van der Waals surface area contributed by atoms with Crippen LogP contribution in [-0.2, 0) is 9.59 Å². The topological polar surface area (TPSA) is 58.2 Å². The lowest BCUT2D eigenvalue weighted by Gasteiger charge is -2.13. The third kappa shape index (κ3) is 6.73. The summed E-state index contributed by atoms with van der Waals surface area (Å²) < 4.78 is 0. The molecule has 2 N–H and O–H groups in total. The molecule has 1 unspecified atom stereocenters. The van der Waals surface area contributed by atoms with Crippen molar-refractivity contribution >= 4 is 46.6 Å². The molecular weight excluding hydrogens is 368 g/mol. The Hall–Kier alpha value is -1.98. The van der Waals surface area contributed by atoms with Gasteiger partial charge in [-0.25, -0.2) is 0 Å². The van der Waals surface area contributed by atoms with E-state index in [1.807, 2.05) is 31.2 Å². The molecule has 0 aliphatic carbocycles. The van der Waals surface area contributed by atoms with E-state index in [1.165, 1.54) is 11.8 Å². The molecule has 2 rings (SSSR count). The molecule has 0 radical (unpaired) electrons. The summed E-state index contributed by atoms with van der Waals surface area (Å²) in [6.45, 7) is 3.91. The Kier molecular flexibility index (Phi) is 8.01. The van der Waals surface area contributed by atoms with Crippen molar-refractivity contribution in [3.63, 3.8) is 0 Å². The van der Waals surface area contributed by atoms with Crippen molar-refractivity contribution in [1.82, 2.24) is 0 Å². The molecule has 2 amide bonds. The number of benzene rings is 2. The summed E-state index contributed by atoms with van der Waals surface area (Å²) in [5, 5.41) is 6.12. The van der Waals surface area contributed by atoms with Crippen molar-refractivity contribution in [2.24, 2.45) is 0 Å². The molecule has 138 valence electrons. The van der Waals surface area contributed by atoms with Gasteiger partial charge in [0, 0.05) is 27.7 Å². The molecule has 1 atom stereocenters. The second-order valence-corrected chi connectivity index (χ2v) is 7.79. The first kappa shape index (κ1) is 20.3. The van der Waals surface area contributed by atoms with Crippen LogP contribution in [0.1, 0.15) is 33.1 Å². The van der Waals surface area contributed by atoms with Crippen molar-refractivity contribution < 1.29 is 9.59 Å². The van der Waals surface area contributed by atoms with Gasteiger partial charge < -0.3 is 10.6 Å². The van der Waals surface area contributed by atoms with E-state index in [1.54, 1.807) is 24.3 Å². The van der Waals surface area contributed by atoms with Gasteiger partial charge in [-0.05, 0) is 55.8 Å². The van der Waals surface area contributed by atoms with Crippen LogP contribution in [0.2, 0.25) is 5.02 Å².